The van der Waals surface area contributed by atoms with Crippen LogP contribution in [0.4, 0.5) is 0 Å². The van der Waals surface area contributed by atoms with Crippen molar-refractivity contribution < 1.29 is 14.7 Å². The van der Waals surface area contributed by atoms with Crippen molar-refractivity contribution in [1.29, 1.82) is 0 Å². The molecule has 0 saturated carbocycles. The average molecular weight is 180 g/mol. The number of carbonyl (C=O) groups excluding carboxylic acids is 1. The number of fused-ring (bicyclic) bond motifs is 1. The molecule has 0 unspecified atom stereocenters. The summed E-state index contributed by atoms with van der Waals surface area (Å²) < 4.78 is 1.59. The Morgan fingerprint density at radius 3 is 3.08 bits per heavy atom. The van der Waals surface area contributed by atoms with Crippen molar-refractivity contribution in [3.63, 3.8) is 0 Å². The van der Waals surface area contributed by atoms with Crippen LogP contribution in [0, 0.1) is 0 Å². The lowest BCUT2D eigenvalue weighted by Gasteiger charge is -2.13. The number of aromatic carboxylic acids is 1. The molecule has 0 spiro atoms. The molecule has 0 atom stereocenters. The first-order chi connectivity index (χ1) is 6.18. The molecular formula is C8H8N2O3. The number of Topliss-reactive ketones (excluding diaryl/α,β-unsaturated/α-hetero) is 1. The summed E-state index contributed by atoms with van der Waals surface area (Å²) >= 11 is 0. The molecule has 0 fully saturated rings. The number of imidazole rings is 1. The first-order valence-electron chi connectivity index (χ1n) is 3.98. The Labute approximate surface area is 74.0 Å². The van der Waals surface area contributed by atoms with E-state index in [1.165, 1.54) is 6.20 Å². The van der Waals surface area contributed by atoms with E-state index in [0.717, 1.165) is 0 Å². The van der Waals surface area contributed by atoms with E-state index in [4.69, 9.17) is 5.11 Å². The van der Waals surface area contributed by atoms with Crippen molar-refractivity contribution in [2.45, 2.75) is 19.4 Å². The van der Waals surface area contributed by atoms with Gasteiger partial charge in [-0.25, -0.2) is 9.78 Å². The third-order valence-corrected chi connectivity index (χ3v) is 2.13. The van der Waals surface area contributed by atoms with Gasteiger partial charge in [-0.15, -0.1) is 0 Å². The van der Waals surface area contributed by atoms with E-state index in [0.29, 0.717) is 18.8 Å². The summed E-state index contributed by atoms with van der Waals surface area (Å²) in [5.41, 5.74) is 0.169. The molecule has 5 nitrogen and oxygen atoms in total. The molecular weight excluding hydrogens is 172 g/mol. The molecule has 1 aliphatic rings. The summed E-state index contributed by atoms with van der Waals surface area (Å²) in [6.45, 7) is 0.440. The molecule has 0 aliphatic carbocycles. The van der Waals surface area contributed by atoms with Gasteiger partial charge in [0.05, 0.1) is 12.6 Å². The van der Waals surface area contributed by atoms with Crippen molar-refractivity contribution in [2.24, 2.45) is 0 Å². The third-order valence-electron chi connectivity index (χ3n) is 2.13. The molecule has 0 saturated heterocycles. The molecule has 1 aliphatic heterocycles. The highest BCUT2D eigenvalue weighted by atomic mass is 16.4. The van der Waals surface area contributed by atoms with Crippen molar-refractivity contribution in [1.82, 2.24) is 9.55 Å². The maximum atomic E-state index is 11.0. The highest BCUT2D eigenvalue weighted by Gasteiger charge is 2.21. The van der Waals surface area contributed by atoms with Gasteiger partial charge in [0.25, 0.3) is 0 Å². The number of carboxylic acids is 1. The Balaban J connectivity index is 2.44. The molecule has 0 radical (unpaired) electrons. The highest BCUT2D eigenvalue weighted by Crippen LogP contribution is 2.13. The number of carboxylic acid groups (broad SMARTS) is 1. The number of carbonyl (C=O) groups is 2. The van der Waals surface area contributed by atoms with E-state index in [2.05, 4.69) is 4.98 Å². The first-order valence-corrected chi connectivity index (χ1v) is 3.98. The third kappa shape index (κ3) is 1.22. The quantitative estimate of drug-likeness (QED) is 0.665. The molecule has 0 aromatic carbocycles. The Bertz CT molecular complexity index is 381. The Morgan fingerprint density at radius 1 is 1.62 bits per heavy atom. The second kappa shape index (κ2) is 2.69. The molecule has 13 heavy (non-hydrogen) atoms. The van der Waals surface area contributed by atoms with E-state index >= 15 is 0 Å². The second-order valence-corrected chi connectivity index (χ2v) is 2.98. The van der Waals surface area contributed by atoms with Gasteiger partial charge in [-0.05, 0) is 0 Å². The molecule has 1 N–H and O–H groups in total. The monoisotopic (exact) mass is 180 g/mol. The number of aromatic nitrogens is 2. The minimum atomic E-state index is -0.993. The molecule has 5 heteroatoms. The average Bonchev–Trinajstić information content (AvgIpc) is 2.46. The minimum absolute atomic E-state index is 0.120. The van der Waals surface area contributed by atoms with Gasteiger partial charge < -0.3 is 9.67 Å². The van der Waals surface area contributed by atoms with Crippen LogP contribution in [0.1, 0.15) is 22.7 Å². The van der Waals surface area contributed by atoms with Crippen LogP contribution in [0.2, 0.25) is 0 Å². The SMILES string of the molecule is O=C1CCn2c(C(=O)O)cnc2C1. The van der Waals surface area contributed by atoms with E-state index in [1.54, 1.807) is 4.57 Å². The zero-order chi connectivity index (χ0) is 9.42. The molecule has 0 bridgehead atoms. The molecule has 1 aromatic heterocycles. The maximum absolute atomic E-state index is 11.0. The summed E-state index contributed by atoms with van der Waals surface area (Å²) in [6, 6.07) is 0. The van der Waals surface area contributed by atoms with Gasteiger partial charge in [0, 0.05) is 13.0 Å². The molecule has 2 rings (SSSR count). The van der Waals surface area contributed by atoms with E-state index in [9.17, 15) is 9.59 Å². The normalized spacial score (nSPS) is 15.5. The van der Waals surface area contributed by atoms with Crippen LogP contribution in [-0.4, -0.2) is 26.4 Å². The summed E-state index contributed by atoms with van der Waals surface area (Å²) in [7, 11) is 0. The predicted octanol–water partition coefficient (Wildman–Crippen LogP) is 0.0966. The highest BCUT2D eigenvalue weighted by molar-refractivity contribution is 5.87. The number of ketones is 1. The van der Waals surface area contributed by atoms with Gasteiger partial charge in [0.1, 0.15) is 17.3 Å². The number of hydrogen-bond donors (Lipinski definition) is 1. The van der Waals surface area contributed by atoms with E-state index in [-0.39, 0.29) is 17.9 Å². The fourth-order valence-corrected chi connectivity index (χ4v) is 1.48. The van der Waals surface area contributed by atoms with Crippen LogP contribution in [0.15, 0.2) is 6.20 Å². The largest absolute Gasteiger partial charge is 0.477 e. The Hall–Kier alpha value is -1.65. The second-order valence-electron chi connectivity index (χ2n) is 2.98. The van der Waals surface area contributed by atoms with E-state index in [1.807, 2.05) is 0 Å². The lowest BCUT2D eigenvalue weighted by molar-refractivity contribution is -0.119. The van der Waals surface area contributed by atoms with Gasteiger partial charge in [0.15, 0.2) is 0 Å². The van der Waals surface area contributed by atoms with Gasteiger partial charge in [-0.1, -0.05) is 0 Å². The van der Waals surface area contributed by atoms with Crippen LogP contribution in [0.3, 0.4) is 0 Å². The minimum Gasteiger partial charge on any atom is -0.477 e. The van der Waals surface area contributed by atoms with Gasteiger partial charge in [-0.2, -0.15) is 0 Å². The summed E-state index contributed by atoms with van der Waals surface area (Å²) in [5.74, 6) is -0.309. The molecule has 1 aromatic rings. The molecule has 68 valence electrons. The van der Waals surface area contributed by atoms with Crippen LogP contribution in [0.25, 0.3) is 0 Å². The summed E-state index contributed by atoms with van der Waals surface area (Å²) in [4.78, 5) is 25.6. The van der Waals surface area contributed by atoms with Crippen molar-refractivity contribution in [3.8, 4) is 0 Å². The van der Waals surface area contributed by atoms with Crippen molar-refractivity contribution in [3.05, 3.63) is 17.7 Å². The summed E-state index contributed by atoms with van der Waals surface area (Å²) in [6.07, 6.45) is 1.97. The lowest BCUT2D eigenvalue weighted by atomic mass is 10.1. The maximum Gasteiger partial charge on any atom is 0.354 e. The fourth-order valence-electron chi connectivity index (χ4n) is 1.48. The van der Waals surface area contributed by atoms with Gasteiger partial charge in [0.2, 0.25) is 0 Å². The topological polar surface area (TPSA) is 72.2 Å². The molecule has 0 amide bonds. The van der Waals surface area contributed by atoms with E-state index < -0.39 is 5.97 Å². The zero-order valence-corrected chi connectivity index (χ0v) is 6.86. The lowest BCUT2D eigenvalue weighted by Crippen LogP contribution is -2.21. The zero-order valence-electron chi connectivity index (χ0n) is 6.86. The van der Waals surface area contributed by atoms with Gasteiger partial charge in [-0.3, -0.25) is 4.79 Å². The number of hydrogen-bond acceptors (Lipinski definition) is 3. The number of rotatable bonds is 1. The first kappa shape index (κ1) is 7.97. The standard InChI is InChI=1S/C8H8N2O3/c11-5-1-2-10-6(8(12)13)4-9-7(10)3-5/h4H,1-3H2,(H,12,13). The van der Waals surface area contributed by atoms with Crippen LogP contribution in [-0.2, 0) is 17.8 Å². The molecule has 2 heterocycles. The number of nitrogens with zero attached hydrogens (tertiary/aromatic N) is 2. The van der Waals surface area contributed by atoms with Crippen LogP contribution >= 0.6 is 0 Å². The van der Waals surface area contributed by atoms with Crippen LogP contribution in [0.5, 0.6) is 0 Å². The predicted molar refractivity (Wildman–Crippen MR) is 42.5 cm³/mol. The van der Waals surface area contributed by atoms with Crippen molar-refractivity contribution in [2.75, 3.05) is 0 Å². The summed E-state index contributed by atoms with van der Waals surface area (Å²) in [5, 5.41) is 8.75. The fraction of sp³-hybridized carbons (Fsp3) is 0.375. The smallest absolute Gasteiger partial charge is 0.354 e. The van der Waals surface area contributed by atoms with Crippen LogP contribution < -0.4 is 0 Å². The Kier molecular flexibility index (Phi) is 1.65. The van der Waals surface area contributed by atoms with Crippen molar-refractivity contribution >= 4 is 11.8 Å². The van der Waals surface area contributed by atoms with Gasteiger partial charge >= 0.3 is 5.97 Å². The Morgan fingerprint density at radius 2 is 2.38 bits per heavy atom.